The molecule has 0 saturated carbocycles. The molecule has 1 unspecified atom stereocenters. The molecule has 7 nitrogen and oxygen atoms in total. The molecule has 1 atom stereocenters. The predicted molar refractivity (Wildman–Crippen MR) is 104 cm³/mol. The minimum absolute atomic E-state index is 0.00134. The molecule has 2 aromatic carbocycles. The third kappa shape index (κ3) is 4.64. The molecule has 142 valence electrons. The smallest absolute Gasteiger partial charge is 0.0942 e. The van der Waals surface area contributed by atoms with Crippen molar-refractivity contribution >= 4 is 17.1 Å². The Labute approximate surface area is 152 Å². The monoisotopic (exact) mass is 361 g/mol. The van der Waals surface area contributed by atoms with Crippen LogP contribution in [-0.4, -0.2) is 52.9 Å². The summed E-state index contributed by atoms with van der Waals surface area (Å²) in [6.07, 6.45) is -0.0250. The topological polar surface area (TPSA) is 145 Å². The first kappa shape index (κ1) is 20.0. The van der Waals surface area contributed by atoms with Crippen molar-refractivity contribution in [1.29, 1.82) is 0 Å². The summed E-state index contributed by atoms with van der Waals surface area (Å²) in [5, 5.41) is 40.3. The molecular formula is C19H27N3O4. The maximum atomic E-state index is 9.59. The lowest BCUT2D eigenvalue weighted by Crippen LogP contribution is -2.23. The molecule has 0 spiro atoms. The third-order valence-electron chi connectivity index (χ3n) is 4.27. The van der Waals surface area contributed by atoms with Crippen molar-refractivity contribution in [3.63, 3.8) is 0 Å². The largest absolute Gasteiger partial charge is 0.399 e. The number of anilines is 3. The van der Waals surface area contributed by atoms with Gasteiger partial charge in [0.2, 0.25) is 0 Å². The summed E-state index contributed by atoms with van der Waals surface area (Å²) < 4.78 is 0. The van der Waals surface area contributed by atoms with Gasteiger partial charge < -0.3 is 37.2 Å². The van der Waals surface area contributed by atoms with Crippen LogP contribution in [-0.2, 0) is 12.8 Å². The highest BCUT2D eigenvalue weighted by Gasteiger charge is 2.15. The first-order valence-electron chi connectivity index (χ1n) is 8.56. The van der Waals surface area contributed by atoms with Gasteiger partial charge in [-0.05, 0) is 42.2 Å². The lowest BCUT2D eigenvalue weighted by molar-refractivity contribution is 0.105. The average Bonchev–Trinajstić information content (AvgIpc) is 2.63. The van der Waals surface area contributed by atoms with Crippen LogP contribution in [0.4, 0.5) is 17.1 Å². The van der Waals surface area contributed by atoms with Crippen molar-refractivity contribution in [3.8, 4) is 11.1 Å². The van der Waals surface area contributed by atoms with Crippen LogP contribution in [0.25, 0.3) is 11.1 Å². The molecule has 0 saturated heterocycles. The van der Waals surface area contributed by atoms with Gasteiger partial charge in [-0.3, -0.25) is 0 Å². The minimum atomic E-state index is -0.880. The van der Waals surface area contributed by atoms with E-state index in [4.69, 9.17) is 16.6 Å². The maximum absolute atomic E-state index is 9.59. The highest BCUT2D eigenvalue weighted by molar-refractivity contribution is 5.88. The average molecular weight is 361 g/mol. The van der Waals surface area contributed by atoms with Gasteiger partial charge >= 0.3 is 0 Å². The Balaban J connectivity index is 2.49. The van der Waals surface area contributed by atoms with E-state index in [1.54, 1.807) is 18.2 Å². The van der Waals surface area contributed by atoms with Gasteiger partial charge in [0.1, 0.15) is 0 Å². The number of nitrogens with two attached hydrogens (primary N) is 2. The SMILES string of the molecule is Nc1ccc(NCC(O)CO)c(-c2ccc(CCO)c(CCO)c2N)c1. The molecule has 0 aliphatic heterocycles. The molecule has 2 aromatic rings. The van der Waals surface area contributed by atoms with Gasteiger partial charge in [0.25, 0.3) is 0 Å². The number of aliphatic hydroxyl groups excluding tert-OH is 4. The van der Waals surface area contributed by atoms with Crippen LogP contribution in [0.1, 0.15) is 11.1 Å². The summed E-state index contributed by atoms with van der Waals surface area (Å²) in [7, 11) is 0. The lowest BCUT2D eigenvalue weighted by atomic mass is 9.92. The van der Waals surface area contributed by atoms with E-state index in [1.807, 2.05) is 12.1 Å². The Morgan fingerprint density at radius 2 is 1.65 bits per heavy atom. The zero-order valence-corrected chi connectivity index (χ0v) is 14.7. The number of hydrogen-bond donors (Lipinski definition) is 7. The second kappa shape index (κ2) is 9.40. The predicted octanol–water partition coefficient (Wildman–Crippen LogP) is 0.353. The van der Waals surface area contributed by atoms with E-state index in [-0.39, 0.29) is 26.4 Å². The zero-order valence-electron chi connectivity index (χ0n) is 14.7. The van der Waals surface area contributed by atoms with Gasteiger partial charge in [-0.25, -0.2) is 0 Å². The fourth-order valence-electron chi connectivity index (χ4n) is 2.94. The van der Waals surface area contributed by atoms with Gasteiger partial charge in [0.05, 0.1) is 12.7 Å². The Kier molecular flexibility index (Phi) is 7.23. The normalized spacial score (nSPS) is 12.2. The van der Waals surface area contributed by atoms with Crippen LogP contribution in [0.3, 0.4) is 0 Å². The molecule has 0 amide bonds. The van der Waals surface area contributed by atoms with E-state index in [1.165, 1.54) is 0 Å². The van der Waals surface area contributed by atoms with Crippen LogP contribution in [0.5, 0.6) is 0 Å². The highest BCUT2D eigenvalue weighted by atomic mass is 16.3. The summed E-state index contributed by atoms with van der Waals surface area (Å²) in [6, 6.07) is 9.07. The molecule has 0 aromatic heterocycles. The number of nitrogens with one attached hydrogen (secondary N) is 1. The minimum Gasteiger partial charge on any atom is -0.399 e. The number of hydrogen-bond acceptors (Lipinski definition) is 7. The number of nitrogen functional groups attached to an aromatic ring is 2. The van der Waals surface area contributed by atoms with Crippen molar-refractivity contribution in [1.82, 2.24) is 0 Å². The number of aliphatic hydroxyl groups is 4. The molecule has 0 bridgehead atoms. The molecule has 0 fully saturated rings. The van der Waals surface area contributed by atoms with Crippen LogP contribution in [0.2, 0.25) is 0 Å². The fourth-order valence-corrected chi connectivity index (χ4v) is 2.94. The van der Waals surface area contributed by atoms with E-state index in [0.29, 0.717) is 24.2 Å². The number of rotatable bonds is 9. The standard InChI is InChI=1S/C19H27N3O4/c20-13-2-4-18(22-10-14(26)11-25)17(9-13)16-3-1-12(5-7-23)15(6-8-24)19(16)21/h1-4,9,14,22-26H,5-8,10-11,20-21H2. The van der Waals surface area contributed by atoms with Crippen LogP contribution in [0, 0.1) is 0 Å². The van der Waals surface area contributed by atoms with E-state index in [2.05, 4.69) is 5.32 Å². The first-order valence-corrected chi connectivity index (χ1v) is 8.56. The molecule has 26 heavy (non-hydrogen) atoms. The fraction of sp³-hybridized carbons (Fsp3) is 0.368. The summed E-state index contributed by atoms with van der Waals surface area (Å²) in [5.74, 6) is 0. The van der Waals surface area contributed by atoms with E-state index in [9.17, 15) is 15.3 Å². The molecule has 7 heteroatoms. The Morgan fingerprint density at radius 1 is 0.923 bits per heavy atom. The van der Waals surface area contributed by atoms with Crippen LogP contribution >= 0.6 is 0 Å². The summed E-state index contributed by atoms with van der Waals surface area (Å²) in [5.41, 5.74) is 17.4. The van der Waals surface area contributed by atoms with E-state index in [0.717, 1.165) is 27.9 Å². The molecule has 0 heterocycles. The molecule has 0 aliphatic carbocycles. The second-order valence-corrected chi connectivity index (χ2v) is 6.13. The van der Waals surface area contributed by atoms with Gasteiger partial charge in [0.15, 0.2) is 0 Å². The maximum Gasteiger partial charge on any atom is 0.0942 e. The molecular weight excluding hydrogens is 334 g/mol. The van der Waals surface area contributed by atoms with Gasteiger partial charge in [0, 0.05) is 47.9 Å². The Hall–Kier alpha value is -2.32. The van der Waals surface area contributed by atoms with E-state index >= 15 is 0 Å². The van der Waals surface area contributed by atoms with Crippen LogP contribution in [0.15, 0.2) is 30.3 Å². The van der Waals surface area contributed by atoms with Crippen molar-refractivity contribution in [2.24, 2.45) is 0 Å². The second-order valence-electron chi connectivity index (χ2n) is 6.13. The zero-order chi connectivity index (χ0) is 19.1. The Bertz CT molecular complexity index is 737. The van der Waals surface area contributed by atoms with Crippen molar-refractivity contribution in [2.45, 2.75) is 18.9 Å². The van der Waals surface area contributed by atoms with Gasteiger partial charge in [-0.2, -0.15) is 0 Å². The summed E-state index contributed by atoms with van der Waals surface area (Å²) >= 11 is 0. The third-order valence-corrected chi connectivity index (χ3v) is 4.27. The summed E-state index contributed by atoms with van der Waals surface area (Å²) in [6.45, 7) is -0.201. The first-order chi connectivity index (χ1) is 12.5. The van der Waals surface area contributed by atoms with Crippen molar-refractivity contribution in [2.75, 3.05) is 43.1 Å². The lowest BCUT2D eigenvalue weighted by Gasteiger charge is -2.19. The molecule has 2 rings (SSSR count). The molecule has 9 N–H and O–H groups in total. The summed E-state index contributed by atoms with van der Waals surface area (Å²) in [4.78, 5) is 0. The van der Waals surface area contributed by atoms with Crippen molar-refractivity contribution in [3.05, 3.63) is 41.5 Å². The van der Waals surface area contributed by atoms with Gasteiger partial charge in [-0.1, -0.05) is 12.1 Å². The highest BCUT2D eigenvalue weighted by Crippen LogP contribution is 2.37. The Morgan fingerprint density at radius 3 is 2.31 bits per heavy atom. The quantitative estimate of drug-likeness (QED) is 0.319. The van der Waals surface area contributed by atoms with E-state index < -0.39 is 6.10 Å². The molecule has 0 aliphatic rings. The number of benzene rings is 2. The van der Waals surface area contributed by atoms with Gasteiger partial charge in [-0.15, -0.1) is 0 Å². The van der Waals surface area contributed by atoms with Crippen molar-refractivity contribution < 1.29 is 20.4 Å². The van der Waals surface area contributed by atoms with Crippen LogP contribution < -0.4 is 16.8 Å². The molecule has 0 radical (unpaired) electrons.